The van der Waals surface area contributed by atoms with Gasteiger partial charge < -0.3 is 14.1 Å². The predicted molar refractivity (Wildman–Crippen MR) is 141 cm³/mol. The lowest BCUT2D eigenvalue weighted by Crippen LogP contribution is -2.52. The first-order valence-electron chi connectivity index (χ1n) is 12.6. The fourth-order valence-corrected chi connectivity index (χ4v) is 5.55. The van der Waals surface area contributed by atoms with Crippen LogP contribution in [0.25, 0.3) is 22.3 Å². The van der Waals surface area contributed by atoms with Gasteiger partial charge >= 0.3 is 0 Å². The van der Waals surface area contributed by atoms with Crippen LogP contribution in [0.5, 0.6) is 5.75 Å². The Labute approximate surface area is 214 Å². The summed E-state index contributed by atoms with van der Waals surface area (Å²) in [4.78, 5) is 40.5. The molecule has 0 bridgehead atoms. The maximum absolute atomic E-state index is 13.2. The number of hydrogen-bond acceptors (Lipinski definition) is 5. The smallest absolute Gasteiger partial charge is 0.253 e. The highest BCUT2D eigenvalue weighted by Crippen LogP contribution is 2.39. The molecule has 2 aliphatic heterocycles. The first-order chi connectivity index (χ1) is 17.8. The standard InChI is InChI=1S/C31H27NO5/c1-19-15-20(2)29-24(16-19)25(33)17-28(36-29)21-7-9-22(10-8-21)30(35)32-13-11-31(12-14-32)18-26(34)23-5-3-4-6-27(23)37-31/h3-10,15-17H,11-14,18H2,1-2H3. The van der Waals surface area contributed by atoms with Crippen LogP contribution in [0.15, 0.2) is 75.9 Å². The number of para-hydroxylation sites is 1. The lowest BCUT2D eigenvalue weighted by atomic mass is 9.82. The van der Waals surface area contributed by atoms with E-state index in [1.165, 1.54) is 6.07 Å². The van der Waals surface area contributed by atoms with Gasteiger partial charge in [0.15, 0.2) is 11.2 Å². The Balaban J connectivity index is 1.18. The number of aryl methyl sites for hydroxylation is 2. The third-order valence-corrected chi connectivity index (χ3v) is 7.53. The van der Waals surface area contributed by atoms with Crippen molar-refractivity contribution in [1.82, 2.24) is 4.90 Å². The molecule has 37 heavy (non-hydrogen) atoms. The number of ether oxygens (including phenoxy) is 1. The predicted octanol–water partition coefficient (Wildman–Crippen LogP) is 5.72. The molecule has 2 aliphatic rings. The van der Waals surface area contributed by atoms with Gasteiger partial charge in [0.1, 0.15) is 22.7 Å². The maximum Gasteiger partial charge on any atom is 0.253 e. The molecule has 0 radical (unpaired) electrons. The molecule has 6 heteroatoms. The molecule has 0 saturated carbocycles. The molecule has 6 nitrogen and oxygen atoms in total. The van der Waals surface area contributed by atoms with Crippen molar-refractivity contribution < 1.29 is 18.7 Å². The Morgan fingerprint density at radius 1 is 0.919 bits per heavy atom. The van der Waals surface area contributed by atoms with Gasteiger partial charge in [-0.15, -0.1) is 0 Å². The van der Waals surface area contributed by atoms with Crippen LogP contribution >= 0.6 is 0 Å². The monoisotopic (exact) mass is 493 g/mol. The van der Waals surface area contributed by atoms with Crippen molar-refractivity contribution in [3.8, 4) is 17.1 Å². The van der Waals surface area contributed by atoms with E-state index in [0.717, 1.165) is 16.7 Å². The summed E-state index contributed by atoms with van der Waals surface area (Å²) in [6.07, 6.45) is 1.56. The molecule has 1 aromatic heterocycles. The quantitative estimate of drug-likeness (QED) is 0.357. The molecular formula is C31H27NO5. The lowest BCUT2D eigenvalue weighted by molar-refractivity contribution is -0.00570. The Hall–Kier alpha value is -4.19. The summed E-state index contributed by atoms with van der Waals surface area (Å²) in [6.45, 7) is 4.93. The van der Waals surface area contributed by atoms with E-state index < -0.39 is 5.60 Å². The number of fused-ring (bicyclic) bond motifs is 2. The van der Waals surface area contributed by atoms with E-state index in [2.05, 4.69) is 0 Å². The third-order valence-electron chi connectivity index (χ3n) is 7.53. The minimum Gasteiger partial charge on any atom is -0.486 e. The van der Waals surface area contributed by atoms with Crippen LogP contribution in [0.4, 0.5) is 0 Å². The molecule has 3 aromatic carbocycles. The third kappa shape index (κ3) is 4.12. The minimum absolute atomic E-state index is 0.0600. The number of Topliss-reactive ketones (excluding diaryl/α,β-unsaturated/α-hetero) is 1. The summed E-state index contributed by atoms with van der Waals surface area (Å²) >= 11 is 0. The molecule has 186 valence electrons. The van der Waals surface area contributed by atoms with Crippen LogP contribution in [0, 0.1) is 13.8 Å². The van der Waals surface area contributed by atoms with E-state index >= 15 is 0 Å². The molecule has 3 heterocycles. The number of likely N-dealkylation sites (tertiary alicyclic amines) is 1. The minimum atomic E-state index is -0.545. The molecule has 0 N–H and O–H groups in total. The number of carbonyl (C=O) groups excluding carboxylic acids is 2. The second-order valence-electron chi connectivity index (χ2n) is 10.2. The second-order valence-corrected chi connectivity index (χ2v) is 10.2. The summed E-state index contributed by atoms with van der Waals surface area (Å²) in [5.41, 5.74) is 3.83. The molecule has 0 atom stereocenters. The van der Waals surface area contributed by atoms with Crippen molar-refractivity contribution in [2.24, 2.45) is 0 Å². The van der Waals surface area contributed by atoms with Gasteiger partial charge in [0.25, 0.3) is 5.91 Å². The summed E-state index contributed by atoms with van der Waals surface area (Å²) in [7, 11) is 0. The summed E-state index contributed by atoms with van der Waals surface area (Å²) < 4.78 is 12.4. The molecule has 4 aromatic rings. The van der Waals surface area contributed by atoms with E-state index in [-0.39, 0.29) is 17.1 Å². The van der Waals surface area contributed by atoms with Crippen molar-refractivity contribution in [3.63, 3.8) is 0 Å². The molecule has 6 rings (SSSR count). The van der Waals surface area contributed by atoms with Crippen LogP contribution in [0.3, 0.4) is 0 Å². The van der Waals surface area contributed by atoms with Gasteiger partial charge in [0.05, 0.1) is 17.4 Å². The molecule has 1 saturated heterocycles. The van der Waals surface area contributed by atoms with Crippen LogP contribution < -0.4 is 10.2 Å². The Bertz CT molecular complexity index is 1610. The second kappa shape index (κ2) is 8.73. The number of carbonyl (C=O) groups is 2. The fraction of sp³-hybridized carbons (Fsp3) is 0.258. The molecule has 1 spiro atoms. The van der Waals surface area contributed by atoms with Crippen molar-refractivity contribution in [2.75, 3.05) is 13.1 Å². The molecular weight excluding hydrogens is 466 g/mol. The van der Waals surface area contributed by atoms with Gasteiger partial charge in [-0.2, -0.15) is 0 Å². The number of rotatable bonds is 2. The Kier molecular flexibility index (Phi) is 5.48. The highest BCUT2D eigenvalue weighted by molar-refractivity contribution is 6.00. The zero-order valence-corrected chi connectivity index (χ0v) is 20.9. The average Bonchev–Trinajstić information content (AvgIpc) is 2.89. The number of piperidine rings is 1. The van der Waals surface area contributed by atoms with Gasteiger partial charge in [-0.1, -0.05) is 30.3 Å². The number of nitrogens with zero attached hydrogens (tertiary/aromatic N) is 1. The highest BCUT2D eigenvalue weighted by Gasteiger charge is 2.43. The van der Waals surface area contributed by atoms with Crippen LogP contribution in [0.2, 0.25) is 0 Å². The van der Waals surface area contributed by atoms with E-state index in [1.807, 2.05) is 61.2 Å². The maximum atomic E-state index is 13.2. The van der Waals surface area contributed by atoms with Crippen molar-refractivity contribution in [3.05, 3.63) is 99.2 Å². The summed E-state index contributed by atoms with van der Waals surface area (Å²) in [6, 6.07) is 19.9. The summed E-state index contributed by atoms with van der Waals surface area (Å²) in [5.74, 6) is 1.15. The average molecular weight is 494 g/mol. The van der Waals surface area contributed by atoms with Crippen LogP contribution in [-0.4, -0.2) is 35.3 Å². The molecule has 0 aliphatic carbocycles. The molecule has 1 amide bonds. The zero-order valence-electron chi connectivity index (χ0n) is 20.9. The molecule has 0 unspecified atom stereocenters. The van der Waals surface area contributed by atoms with Gasteiger partial charge in [-0.25, -0.2) is 0 Å². The van der Waals surface area contributed by atoms with Gasteiger partial charge in [0.2, 0.25) is 0 Å². The number of hydrogen-bond donors (Lipinski definition) is 0. The summed E-state index contributed by atoms with van der Waals surface area (Å²) in [5, 5.41) is 0.572. The normalized spacial score (nSPS) is 16.5. The zero-order chi connectivity index (χ0) is 25.7. The fourth-order valence-electron chi connectivity index (χ4n) is 5.55. The largest absolute Gasteiger partial charge is 0.486 e. The molecule has 1 fully saturated rings. The van der Waals surface area contributed by atoms with Crippen LogP contribution in [-0.2, 0) is 0 Å². The van der Waals surface area contributed by atoms with Crippen LogP contribution in [0.1, 0.15) is 51.1 Å². The van der Waals surface area contributed by atoms with Gasteiger partial charge in [-0.3, -0.25) is 14.4 Å². The van der Waals surface area contributed by atoms with E-state index in [1.54, 1.807) is 18.2 Å². The van der Waals surface area contributed by atoms with E-state index in [4.69, 9.17) is 9.15 Å². The van der Waals surface area contributed by atoms with Crippen molar-refractivity contribution in [2.45, 2.75) is 38.7 Å². The topological polar surface area (TPSA) is 76.8 Å². The first-order valence-corrected chi connectivity index (χ1v) is 12.6. The van der Waals surface area contributed by atoms with Gasteiger partial charge in [-0.05, 0) is 55.3 Å². The Morgan fingerprint density at radius 2 is 1.65 bits per heavy atom. The van der Waals surface area contributed by atoms with E-state index in [0.29, 0.717) is 66.0 Å². The number of ketones is 1. The van der Waals surface area contributed by atoms with Crippen molar-refractivity contribution >= 4 is 22.7 Å². The van der Waals surface area contributed by atoms with Crippen molar-refractivity contribution in [1.29, 1.82) is 0 Å². The first kappa shape index (κ1) is 23.2. The van der Waals surface area contributed by atoms with Gasteiger partial charge in [0, 0.05) is 43.1 Å². The highest BCUT2D eigenvalue weighted by atomic mass is 16.5. The Morgan fingerprint density at radius 3 is 2.41 bits per heavy atom. The SMILES string of the molecule is Cc1cc(C)c2oc(-c3ccc(C(=O)N4CCC5(CC4)CC(=O)c4ccccc4O5)cc3)cc(=O)c2c1. The van der Waals surface area contributed by atoms with E-state index in [9.17, 15) is 14.4 Å². The number of amides is 1. The lowest BCUT2D eigenvalue weighted by Gasteiger charge is -2.44. The number of benzene rings is 3.